The molecule has 3 aromatic rings. The first kappa shape index (κ1) is 25.9. The van der Waals surface area contributed by atoms with Gasteiger partial charge in [0, 0.05) is 0 Å². The molecular weight excluding hydrogens is 474 g/mol. The molecule has 0 bridgehead atoms. The highest BCUT2D eigenvalue weighted by Gasteiger charge is 2.28. The van der Waals surface area contributed by atoms with E-state index < -0.39 is 22.0 Å². The van der Waals surface area contributed by atoms with Crippen molar-refractivity contribution in [3.8, 4) is 16.9 Å². The minimum atomic E-state index is -3.94. The summed E-state index contributed by atoms with van der Waals surface area (Å²) in [6.45, 7) is 3.78. The molecule has 1 saturated carbocycles. The van der Waals surface area contributed by atoms with Crippen molar-refractivity contribution in [3.63, 3.8) is 0 Å². The molecule has 3 aromatic carbocycles. The Kier molecular flexibility index (Phi) is 8.11. The minimum absolute atomic E-state index is 0.0297. The molecule has 0 aromatic heterocycles. The summed E-state index contributed by atoms with van der Waals surface area (Å²) in [7, 11) is -3.94. The Balaban J connectivity index is 1.36. The lowest BCUT2D eigenvalue weighted by molar-refractivity contribution is -0.140. The lowest BCUT2D eigenvalue weighted by Gasteiger charge is -2.18. The van der Waals surface area contributed by atoms with Crippen LogP contribution >= 0.6 is 0 Å². The largest absolute Gasteiger partial charge is 0.489 e. The van der Waals surface area contributed by atoms with Crippen LogP contribution in [0.1, 0.15) is 56.6 Å². The molecule has 0 saturated heterocycles. The molecule has 0 heterocycles. The summed E-state index contributed by atoms with van der Waals surface area (Å²) in [5.74, 6) is -0.0294. The van der Waals surface area contributed by atoms with Crippen LogP contribution in [0.25, 0.3) is 11.1 Å². The second-order valence-electron chi connectivity index (χ2n) is 9.74. The number of sulfonamides is 1. The van der Waals surface area contributed by atoms with Crippen molar-refractivity contribution in [1.82, 2.24) is 4.72 Å². The molecule has 0 amide bonds. The maximum absolute atomic E-state index is 12.6. The predicted molar refractivity (Wildman–Crippen MR) is 140 cm³/mol. The number of aliphatic carboxylic acids is 1. The summed E-state index contributed by atoms with van der Waals surface area (Å²) < 4.78 is 33.5. The van der Waals surface area contributed by atoms with Gasteiger partial charge >= 0.3 is 5.97 Å². The van der Waals surface area contributed by atoms with Gasteiger partial charge in [0.15, 0.2) is 0 Å². The smallest absolute Gasteiger partial charge is 0.322 e. The fourth-order valence-electron chi connectivity index (χ4n) is 4.59. The lowest BCUT2D eigenvalue weighted by Crippen LogP contribution is -2.44. The van der Waals surface area contributed by atoms with Crippen LogP contribution in [0.3, 0.4) is 0 Å². The Morgan fingerprint density at radius 2 is 1.47 bits per heavy atom. The molecule has 0 unspecified atom stereocenters. The molecule has 190 valence electrons. The Morgan fingerprint density at radius 3 is 2.00 bits per heavy atom. The van der Waals surface area contributed by atoms with E-state index in [1.165, 1.54) is 43.4 Å². The number of rotatable bonds is 10. The molecule has 1 fully saturated rings. The fraction of sp³-hybridized carbons (Fsp3) is 0.345. The van der Waals surface area contributed by atoms with E-state index >= 15 is 0 Å². The van der Waals surface area contributed by atoms with Gasteiger partial charge in [0.25, 0.3) is 0 Å². The van der Waals surface area contributed by atoms with Gasteiger partial charge < -0.3 is 9.84 Å². The number of ether oxygens (including phenoxy) is 1. The molecule has 1 aliphatic carbocycles. The van der Waals surface area contributed by atoms with E-state index in [-0.39, 0.29) is 10.8 Å². The molecule has 1 atom stereocenters. The fourth-order valence-corrected chi connectivity index (χ4v) is 5.93. The Morgan fingerprint density at radius 1 is 0.917 bits per heavy atom. The van der Waals surface area contributed by atoms with Crippen molar-refractivity contribution >= 4 is 16.0 Å². The van der Waals surface area contributed by atoms with Gasteiger partial charge in [-0.3, -0.25) is 4.79 Å². The normalized spacial score (nSPS) is 15.2. The molecule has 1 aliphatic rings. The van der Waals surface area contributed by atoms with Crippen molar-refractivity contribution in [1.29, 1.82) is 0 Å². The van der Waals surface area contributed by atoms with E-state index in [1.807, 2.05) is 36.4 Å². The van der Waals surface area contributed by atoms with Crippen LogP contribution in [0.2, 0.25) is 0 Å². The molecular formula is C29H33NO5S. The number of carboxylic acid groups (broad SMARTS) is 1. The highest BCUT2D eigenvalue weighted by atomic mass is 32.2. The summed E-state index contributed by atoms with van der Waals surface area (Å²) in [5.41, 5.74) is 4.25. The van der Waals surface area contributed by atoms with Crippen LogP contribution in [0, 0.1) is 5.92 Å². The summed E-state index contributed by atoms with van der Waals surface area (Å²) in [6.07, 6.45) is 5.21. The number of carbonyl (C=O) groups is 1. The van der Waals surface area contributed by atoms with E-state index in [1.54, 1.807) is 26.0 Å². The first-order chi connectivity index (χ1) is 17.2. The number of nitrogens with one attached hydrogen (secondary N) is 1. The van der Waals surface area contributed by atoms with E-state index in [4.69, 9.17) is 4.74 Å². The Hall–Kier alpha value is -3.16. The van der Waals surface area contributed by atoms with E-state index in [0.29, 0.717) is 12.5 Å². The standard InChI is InChI=1S/C29H33NO5S/c1-20(2)28(29(31)32)30-36(33,34)27-17-13-25(14-18-27)23-9-7-21(8-10-23)19-35-26-15-11-24(12-16-26)22-5-3-4-6-22/h7-18,20,22,28,30H,3-6,19H2,1-2H3,(H,31,32)/t28-/m1/s1. The zero-order valence-corrected chi connectivity index (χ0v) is 21.5. The van der Waals surface area contributed by atoms with Gasteiger partial charge in [0.2, 0.25) is 10.0 Å². The zero-order chi connectivity index (χ0) is 25.7. The highest BCUT2D eigenvalue weighted by Crippen LogP contribution is 2.34. The Bertz CT molecular complexity index is 1260. The van der Waals surface area contributed by atoms with Gasteiger partial charge in [-0.1, -0.05) is 75.2 Å². The monoisotopic (exact) mass is 507 g/mol. The van der Waals surface area contributed by atoms with Crippen molar-refractivity contribution in [2.75, 3.05) is 0 Å². The van der Waals surface area contributed by atoms with Crippen LogP contribution in [0.15, 0.2) is 77.7 Å². The molecule has 7 heteroatoms. The number of hydrogen-bond donors (Lipinski definition) is 2. The second kappa shape index (κ2) is 11.3. The van der Waals surface area contributed by atoms with E-state index in [9.17, 15) is 18.3 Å². The zero-order valence-electron chi connectivity index (χ0n) is 20.7. The molecule has 2 N–H and O–H groups in total. The third-order valence-corrected chi connectivity index (χ3v) is 8.24. The summed E-state index contributed by atoms with van der Waals surface area (Å²) in [4.78, 5) is 11.4. The van der Waals surface area contributed by atoms with Gasteiger partial charge in [-0.2, -0.15) is 4.72 Å². The summed E-state index contributed by atoms with van der Waals surface area (Å²) >= 11 is 0. The average molecular weight is 508 g/mol. The average Bonchev–Trinajstić information content (AvgIpc) is 3.42. The third kappa shape index (κ3) is 6.33. The maximum Gasteiger partial charge on any atom is 0.322 e. The number of benzene rings is 3. The maximum atomic E-state index is 12.6. The van der Waals surface area contributed by atoms with Gasteiger partial charge in [-0.05, 0) is 71.2 Å². The molecule has 6 nitrogen and oxygen atoms in total. The van der Waals surface area contributed by atoms with Gasteiger partial charge in [0.1, 0.15) is 18.4 Å². The van der Waals surface area contributed by atoms with E-state index in [2.05, 4.69) is 16.9 Å². The van der Waals surface area contributed by atoms with Crippen LogP contribution in [0.4, 0.5) is 0 Å². The molecule has 36 heavy (non-hydrogen) atoms. The SMILES string of the molecule is CC(C)[C@@H](NS(=O)(=O)c1ccc(-c2ccc(COc3ccc(C4CCCC4)cc3)cc2)cc1)C(=O)O. The lowest BCUT2D eigenvalue weighted by atomic mass is 9.98. The highest BCUT2D eigenvalue weighted by molar-refractivity contribution is 7.89. The summed E-state index contributed by atoms with van der Waals surface area (Å²) in [5, 5.41) is 9.29. The minimum Gasteiger partial charge on any atom is -0.489 e. The van der Waals surface area contributed by atoms with Crippen molar-refractivity contribution in [2.45, 2.75) is 63.0 Å². The molecule has 0 radical (unpaired) electrons. The first-order valence-corrected chi connectivity index (χ1v) is 13.9. The van der Waals surface area contributed by atoms with Crippen molar-refractivity contribution in [2.24, 2.45) is 5.92 Å². The van der Waals surface area contributed by atoms with Crippen molar-refractivity contribution < 1.29 is 23.1 Å². The van der Waals surface area contributed by atoms with E-state index in [0.717, 1.165) is 22.4 Å². The van der Waals surface area contributed by atoms with Gasteiger partial charge in [-0.15, -0.1) is 0 Å². The Labute approximate surface area is 213 Å². The second-order valence-corrected chi connectivity index (χ2v) is 11.5. The summed E-state index contributed by atoms with van der Waals surface area (Å²) in [6, 6.07) is 21.6. The van der Waals surface area contributed by atoms with Crippen LogP contribution in [-0.2, 0) is 21.4 Å². The quantitative estimate of drug-likeness (QED) is 0.352. The molecule has 0 spiro atoms. The van der Waals surface area contributed by atoms with Crippen molar-refractivity contribution in [3.05, 3.63) is 83.9 Å². The van der Waals surface area contributed by atoms with Crippen LogP contribution < -0.4 is 9.46 Å². The predicted octanol–water partition coefficient (Wildman–Crippen LogP) is 5.98. The number of carboxylic acids is 1. The topological polar surface area (TPSA) is 92.7 Å². The first-order valence-electron chi connectivity index (χ1n) is 12.4. The third-order valence-electron chi connectivity index (χ3n) is 6.78. The van der Waals surface area contributed by atoms with Gasteiger partial charge in [0.05, 0.1) is 4.90 Å². The molecule has 0 aliphatic heterocycles. The van der Waals surface area contributed by atoms with Crippen LogP contribution in [-0.4, -0.2) is 25.5 Å². The van der Waals surface area contributed by atoms with Crippen LogP contribution in [0.5, 0.6) is 5.75 Å². The number of hydrogen-bond acceptors (Lipinski definition) is 4. The van der Waals surface area contributed by atoms with Gasteiger partial charge in [-0.25, -0.2) is 8.42 Å². The molecule has 4 rings (SSSR count).